The zero-order valence-corrected chi connectivity index (χ0v) is 31.0. The molecule has 0 radical (unpaired) electrons. The van der Waals surface area contributed by atoms with E-state index in [-0.39, 0.29) is 0 Å². The number of rotatable bonds is 5. The second kappa shape index (κ2) is 12.7. The van der Waals surface area contributed by atoms with Crippen LogP contribution in [0.2, 0.25) is 0 Å². The summed E-state index contributed by atoms with van der Waals surface area (Å²) in [6, 6.07) is 39.7. The standard InChI is InChI=1S/C46H32N10/c1-26-49-27(2)52-45(51-26)32-17-19-36-34-9-5-7-11-38(34)55(40(36)21-32)42-24-48-25-43(44(42)31-15-13-30(23-47)14-16-31)56-39-12-8-6-10-35(39)37-20-18-33(22-41(37)56)46-53-28(3)50-29(4)54-46/h5-22,24-25H,1-4H3. The van der Waals surface area contributed by atoms with Crippen LogP contribution < -0.4 is 0 Å². The number of nitrogens with zero attached hydrogens (tertiary/aromatic N) is 10. The van der Waals surface area contributed by atoms with Gasteiger partial charge in [-0.3, -0.25) is 4.98 Å². The average Bonchev–Trinajstić information content (AvgIpc) is 3.72. The largest absolute Gasteiger partial charge is 0.307 e. The van der Waals surface area contributed by atoms with Crippen molar-refractivity contribution in [1.29, 1.82) is 5.26 Å². The Morgan fingerprint density at radius 1 is 0.446 bits per heavy atom. The first-order valence-electron chi connectivity index (χ1n) is 18.3. The van der Waals surface area contributed by atoms with Crippen molar-refractivity contribution in [1.82, 2.24) is 44.0 Å². The first-order chi connectivity index (χ1) is 27.3. The summed E-state index contributed by atoms with van der Waals surface area (Å²) in [6.45, 7) is 7.55. The van der Waals surface area contributed by atoms with Crippen LogP contribution >= 0.6 is 0 Å². The fraction of sp³-hybridized carbons (Fsp3) is 0.0870. The Bertz CT molecular complexity index is 3030. The van der Waals surface area contributed by atoms with Crippen LogP contribution in [-0.4, -0.2) is 44.0 Å². The number of nitriles is 1. The van der Waals surface area contributed by atoms with Gasteiger partial charge in [0.15, 0.2) is 11.6 Å². The number of aromatic nitrogens is 9. The minimum atomic E-state index is 0.583. The third-order valence-electron chi connectivity index (χ3n) is 10.3. The number of pyridine rings is 1. The number of fused-ring (bicyclic) bond motifs is 6. The molecule has 0 amide bonds. The highest BCUT2D eigenvalue weighted by Gasteiger charge is 2.23. The first-order valence-corrected chi connectivity index (χ1v) is 18.3. The number of hydrogen-bond donors (Lipinski definition) is 0. The molecule has 0 saturated heterocycles. The molecule has 5 aromatic carbocycles. The number of aryl methyl sites for hydroxylation is 4. The summed E-state index contributed by atoms with van der Waals surface area (Å²) in [7, 11) is 0. The summed E-state index contributed by atoms with van der Waals surface area (Å²) in [5, 5.41) is 14.2. The normalized spacial score (nSPS) is 11.6. The Kier molecular flexibility index (Phi) is 7.50. The predicted molar refractivity (Wildman–Crippen MR) is 220 cm³/mol. The van der Waals surface area contributed by atoms with Gasteiger partial charge in [0.1, 0.15) is 23.3 Å². The van der Waals surface area contributed by atoms with Crippen molar-refractivity contribution in [3.05, 3.63) is 150 Å². The van der Waals surface area contributed by atoms with Crippen LogP contribution in [0.3, 0.4) is 0 Å². The van der Waals surface area contributed by atoms with Crippen molar-refractivity contribution in [3.8, 4) is 51.3 Å². The molecule has 0 aliphatic heterocycles. The van der Waals surface area contributed by atoms with Gasteiger partial charge in [-0.05, 0) is 69.7 Å². The van der Waals surface area contributed by atoms with E-state index < -0.39 is 0 Å². The Balaban J connectivity index is 1.32. The molecule has 0 unspecified atom stereocenters. The fourth-order valence-corrected chi connectivity index (χ4v) is 8.01. The van der Waals surface area contributed by atoms with Crippen molar-refractivity contribution < 1.29 is 0 Å². The third kappa shape index (κ3) is 5.28. The summed E-state index contributed by atoms with van der Waals surface area (Å²) in [4.78, 5) is 32.7. The van der Waals surface area contributed by atoms with Crippen molar-refractivity contribution in [2.75, 3.05) is 0 Å². The van der Waals surface area contributed by atoms with Crippen LogP contribution in [0.1, 0.15) is 28.9 Å². The molecule has 0 atom stereocenters. The van der Waals surface area contributed by atoms with Gasteiger partial charge in [0, 0.05) is 38.2 Å². The van der Waals surface area contributed by atoms with Gasteiger partial charge in [-0.15, -0.1) is 0 Å². The van der Waals surface area contributed by atoms with E-state index in [4.69, 9.17) is 24.9 Å². The van der Waals surface area contributed by atoms with E-state index in [1.54, 1.807) is 0 Å². The smallest absolute Gasteiger partial charge is 0.163 e. The van der Waals surface area contributed by atoms with Crippen LogP contribution in [0.5, 0.6) is 0 Å². The highest BCUT2D eigenvalue weighted by molar-refractivity contribution is 6.12. The maximum Gasteiger partial charge on any atom is 0.163 e. The van der Waals surface area contributed by atoms with Gasteiger partial charge in [0.2, 0.25) is 0 Å². The summed E-state index contributed by atoms with van der Waals surface area (Å²) in [5.74, 6) is 3.92. The molecule has 0 fully saturated rings. The molecule has 10 rings (SSSR count). The molecule has 56 heavy (non-hydrogen) atoms. The number of benzene rings is 5. The van der Waals surface area contributed by atoms with Crippen molar-refractivity contribution in [3.63, 3.8) is 0 Å². The molecular weight excluding hydrogens is 693 g/mol. The lowest BCUT2D eigenvalue weighted by Gasteiger charge is -2.20. The van der Waals surface area contributed by atoms with Gasteiger partial charge >= 0.3 is 0 Å². The lowest BCUT2D eigenvalue weighted by Crippen LogP contribution is -2.05. The molecule has 0 saturated carbocycles. The highest BCUT2D eigenvalue weighted by Crippen LogP contribution is 2.42. The van der Waals surface area contributed by atoms with E-state index in [2.05, 4.69) is 110 Å². The monoisotopic (exact) mass is 724 g/mol. The Hall–Kier alpha value is -7.64. The van der Waals surface area contributed by atoms with Crippen LogP contribution in [0.4, 0.5) is 0 Å². The lowest BCUT2D eigenvalue weighted by atomic mass is 10.0. The van der Waals surface area contributed by atoms with Crippen molar-refractivity contribution >= 4 is 43.6 Å². The fourth-order valence-electron chi connectivity index (χ4n) is 8.01. The summed E-state index contributed by atoms with van der Waals surface area (Å²) < 4.78 is 4.57. The number of para-hydroxylation sites is 2. The Labute approximate surface area is 321 Å². The van der Waals surface area contributed by atoms with E-state index >= 15 is 0 Å². The van der Waals surface area contributed by atoms with Gasteiger partial charge in [-0.25, -0.2) is 29.9 Å². The van der Waals surface area contributed by atoms with E-state index in [1.807, 2.05) is 64.4 Å². The second-order valence-corrected chi connectivity index (χ2v) is 13.9. The predicted octanol–water partition coefficient (Wildman–Crippen LogP) is 9.75. The van der Waals surface area contributed by atoms with E-state index in [9.17, 15) is 5.26 Å². The molecule has 0 spiro atoms. The molecule has 0 N–H and O–H groups in total. The zero-order valence-electron chi connectivity index (χ0n) is 31.0. The minimum Gasteiger partial charge on any atom is -0.307 e. The zero-order chi connectivity index (χ0) is 38.1. The molecule has 0 bridgehead atoms. The van der Waals surface area contributed by atoms with Gasteiger partial charge in [0.05, 0.1) is 57.5 Å². The highest BCUT2D eigenvalue weighted by atomic mass is 15.1. The van der Waals surface area contributed by atoms with Crippen molar-refractivity contribution in [2.45, 2.75) is 27.7 Å². The van der Waals surface area contributed by atoms with Gasteiger partial charge < -0.3 is 9.13 Å². The molecule has 5 heterocycles. The van der Waals surface area contributed by atoms with Gasteiger partial charge in [-0.2, -0.15) is 5.26 Å². The maximum atomic E-state index is 9.79. The van der Waals surface area contributed by atoms with Gasteiger partial charge in [-0.1, -0.05) is 72.8 Å². The van der Waals surface area contributed by atoms with Crippen LogP contribution in [-0.2, 0) is 0 Å². The Morgan fingerprint density at radius 3 is 1.30 bits per heavy atom. The summed E-state index contributed by atoms with van der Waals surface area (Å²) in [5.41, 5.74) is 10.0. The molecule has 10 aromatic rings. The molecule has 5 aromatic heterocycles. The first kappa shape index (κ1) is 33.0. The summed E-state index contributed by atoms with van der Waals surface area (Å²) >= 11 is 0. The number of hydrogen-bond acceptors (Lipinski definition) is 8. The molecule has 0 aliphatic carbocycles. The average molecular weight is 725 g/mol. The second-order valence-electron chi connectivity index (χ2n) is 13.9. The van der Waals surface area contributed by atoms with E-state index in [0.717, 1.165) is 77.2 Å². The minimum absolute atomic E-state index is 0.583. The van der Waals surface area contributed by atoms with Gasteiger partial charge in [0.25, 0.3) is 0 Å². The van der Waals surface area contributed by atoms with Crippen LogP contribution in [0, 0.1) is 39.0 Å². The van der Waals surface area contributed by atoms with Crippen LogP contribution in [0.15, 0.2) is 122 Å². The third-order valence-corrected chi connectivity index (χ3v) is 10.3. The molecule has 10 heteroatoms. The maximum absolute atomic E-state index is 9.79. The molecule has 0 aliphatic rings. The van der Waals surface area contributed by atoms with Crippen LogP contribution in [0.25, 0.3) is 88.9 Å². The summed E-state index contributed by atoms with van der Waals surface area (Å²) in [6.07, 6.45) is 3.87. The Morgan fingerprint density at radius 2 is 0.857 bits per heavy atom. The lowest BCUT2D eigenvalue weighted by molar-refractivity contribution is 0.928. The molecule has 266 valence electrons. The topological polar surface area (TPSA) is 124 Å². The quantitative estimate of drug-likeness (QED) is 0.172. The SMILES string of the molecule is Cc1nc(C)nc(-c2ccc3c4ccccc4n(-c4cncc(-n5c6ccccc6c6ccc(-c7nc(C)nc(C)n7)cc65)c4-c4ccc(C#N)cc4)c3c2)n1. The van der Waals surface area contributed by atoms with Crippen molar-refractivity contribution in [2.24, 2.45) is 0 Å². The van der Waals surface area contributed by atoms with E-state index in [0.29, 0.717) is 40.5 Å². The van der Waals surface area contributed by atoms with E-state index in [1.165, 1.54) is 0 Å². The molecular formula is C46H32N10. The molecule has 10 nitrogen and oxygen atoms in total.